The molecule has 0 saturated heterocycles. The molecule has 0 spiro atoms. The van der Waals surface area contributed by atoms with Crippen molar-refractivity contribution in [3.63, 3.8) is 0 Å². The molecule has 0 saturated carbocycles. The zero-order valence-electron chi connectivity index (χ0n) is 16.1. The topological polar surface area (TPSA) is 73.6 Å². The molecule has 3 aromatic carbocycles. The van der Waals surface area contributed by atoms with Gasteiger partial charge in [0.15, 0.2) is 12.2 Å². The number of fused-ring (bicyclic) bond motifs is 1. The van der Waals surface area contributed by atoms with E-state index in [2.05, 4.69) is 10.3 Å². The predicted molar refractivity (Wildman–Crippen MR) is 111 cm³/mol. The summed E-state index contributed by atoms with van der Waals surface area (Å²) in [5, 5.41) is 2.89. The molecule has 0 aliphatic carbocycles. The number of hydrogen-bond donors (Lipinski definition) is 1. The van der Waals surface area contributed by atoms with Crippen LogP contribution in [0.3, 0.4) is 0 Å². The van der Waals surface area contributed by atoms with Crippen molar-refractivity contribution in [1.82, 2.24) is 4.98 Å². The van der Waals surface area contributed by atoms with Gasteiger partial charge in [0.25, 0.3) is 5.91 Å². The SMILES string of the molecule is COc1ccc2oc(-c3ccc(C)c(NC(=O)COc4ccccc4)c3)nc2c1. The molecule has 0 bridgehead atoms. The van der Waals surface area contributed by atoms with Crippen LogP contribution < -0.4 is 14.8 Å². The van der Waals surface area contributed by atoms with Crippen LogP contribution in [-0.2, 0) is 4.79 Å². The van der Waals surface area contributed by atoms with Crippen LogP contribution in [-0.4, -0.2) is 24.6 Å². The van der Waals surface area contributed by atoms with Gasteiger partial charge in [0.2, 0.25) is 5.89 Å². The molecular weight excluding hydrogens is 368 g/mol. The lowest BCUT2D eigenvalue weighted by Crippen LogP contribution is -2.20. The summed E-state index contributed by atoms with van der Waals surface area (Å²) >= 11 is 0. The molecule has 1 heterocycles. The second-order valence-electron chi connectivity index (χ2n) is 6.53. The Morgan fingerprint density at radius 2 is 1.86 bits per heavy atom. The molecule has 29 heavy (non-hydrogen) atoms. The van der Waals surface area contributed by atoms with E-state index in [4.69, 9.17) is 13.9 Å². The van der Waals surface area contributed by atoms with Crippen LogP contribution in [0.1, 0.15) is 5.56 Å². The van der Waals surface area contributed by atoms with Gasteiger partial charge < -0.3 is 19.2 Å². The summed E-state index contributed by atoms with van der Waals surface area (Å²) in [6.07, 6.45) is 0. The fourth-order valence-corrected chi connectivity index (χ4v) is 2.90. The van der Waals surface area contributed by atoms with E-state index in [1.807, 2.05) is 61.5 Å². The van der Waals surface area contributed by atoms with Gasteiger partial charge in [-0.05, 0) is 48.9 Å². The van der Waals surface area contributed by atoms with Gasteiger partial charge in [-0.3, -0.25) is 4.79 Å². The van der Waals surface area contributed by atoms with Crippen molar-refractivity contribution < 1.29 is 18.7 Å². The minimum atomic E-state index is -0.239. The number of oxazole rings is 1. The second kappa shape index (κ2) is 8.06. The van der Waals surface area contributed by atoms with E-state index in [1.165, 1.54) is 0 Å². The van der Waals surface area contributed by atoms with Gasteiger partial charge >= 0.3 is 0 Å². The van der Waals surface area contributed by atoms with Gasteiger partial charge in [0, 0.05) is 17.3 Å². The van der Waals surface area contributed by atoms with Crippen LogP contribution in [0, 0.1) is 6.92 Å². The van der Waals surface area contributed by atoms with E-state index in [0.717, 1.165) is 11.1 Å². The summed E-state index contributed by atoms with van der Waals surface area (Å²) in [5.41, 5.74) is 3.76. The highest BCUT2D eigenvalue weighted by Crippen LogP contribution is 2.29. The van der Waals surface area contributed by atoms with E-state index in [9.17, 15) is 4.79 Å². The highest BCUT2D eigenvalue weighted by molar-refractivity contribution is 5.93. The van der Waals surface area contributed by atoms with Crippen LogP contribution in [0.4, 0.5) is 5.69 Å². The summed E-state index contributed by atoms with van der Waals surface area (Å²) in [4.78, 5) is 16.8. The zero-order chi connectivity index (χ0) is 20.2. The van der Waals surface area contributed by atoms with E-state index >= 15 is 0 Å². The van der Waals surface area contributed by atoms with Gasteiger partial charge in [0.1, 0.15) is 17.0 Å². The van der Waals surface area contributed by atoms with Crippen molar-refractivity contribution >= 4 is 22.7 Å². The Balaban J connectivity index is 1.52. The highest BCUT2D eigenvalue weighted by Gasteiger charge is 2.12. The number of nitrogens with zero attached hydrogens (tertiary/aromatic N) is 1. The quantitative estimate of drug-likeness (QED) is 0.512. The molecule has 0 aliphatic rings. The van der Waals surface area contributed by atoms with Crippen LogP contribution >= 0.6 is 0 Å². The molecule has 6 heteroatoms. The molecule has 0 atom stereocenters. The number of nitrogens with one attached hydrogen (secondary N) is 1. The van der Waals surface area contributed by atoms with Crippen LogP contribution in [0.2, 0.25) is 0 Å². The van der Waals surface area contributed by atoms with E-state index < -0.39 is 0 Å². The largest absolute Gasteiger partial charge is 0.497 e. The number of methoxy groups -OCH3 is 1. The normalized spacial score (nSPS) is 10.7. The lowest BCUT2D eigenvalue weighted by Gasteiger charge is -2.10. The summed E-state index contributed by atoms with van der Waals surface area (Å²) < 4.78 is 16.6. The summed E-state index contributed by atoms with van der Waals surface area (Å²) in [5.74, 6) is 1.60. The number of carbonyl (C=O) groups excluding carboxylic acids is 1. The molecule has 1 aromatic heterocycles. The van der Waals surface area contributed by atoms with E-state index in [1.54, 1.807) is 19.2 Å². The number of para-hydroxylation sites is 1. The molecule has 0 fully saturated rings. The standard InChI is InChI=1S/C23H20N2O4/c1-15-8-9-16(23-25-20-13-18(27-2)10-11-21(20)29-23)12-19(15)24-22(26)14-28-17-6-4-3-5-7-17/h3-13H,14H2,1-2H3,(H,24,26). The molecule has 146 valence electrons. The van der Waals surface area contributed by atoms with Crippen molar-refractivity contribution in [1.29, 1.82) is 0 Å². The second-order valence-corrected chi connectivity index (χ2v) is 6.53. The molecule has 1 N–H and O–H groups in total. The average Bonchev–Trinajstić information content (AvgIpc) is 3.18. The van der Waals surface area contributed by atoms with Gasteiger partial charge in [-0.15, -0.1) is 0 Å². The summed E-state index contributed by atoms with van der Waals surface area (Å²) in [6.45, 7) is 1.85. The minimum absolute atomic E-state index is 0.0731. The number of rotatable bonds is 6. The first-order valence-electron chi connectivity index (χ1n) is 9.16. The molecule has 6 nitrogen and oxygen atoms in total. The molecular formula is C23H20N2O4. The first-order valence-corrected chi connectivity index (χ1v) is 9.16. The highest BCUT2D eigenvalue weighted by atomic mass is 16.5. The zero-order valence-corrected chi connectivity index (χ0v) is 16.1. The molecule has 0 aliphatic heterocycles. The third-order valence-electron chi connectivity index (χ3n) is 4.47. The Morgan fingerprint density at radius 1 is 1.03 bits per heavy atom. The fraction of sp³-hybridized carbons (Fsp3) is 0.130. The lowest BCUT2D eigenvalue weighted by atomic mass is 10.1. The maximum Gasteiger partial charge on any atom is 0.262 e. The Bertz CT molecular complexity index is 1150. The number of ether oxygens (including phenoxy) is 2. The van der Waals surface area contributed by atoms with E-state index in [-0.39, 0.29) is 12.5 Å². The van der Waals surface area contributed by atoms with Gasteiger partial charge in [-0.2, -0.15) is 0 Å². The van der Waals surface area contributed by atoms with Crippen molar-refractivity contribution in [3.05, 3.63) is 72.3 Å². The smallest absolute Gasteiger partial charge is 0.262 e. The molecule has 4 aromatic rings. The number of aromatic nitrogens is 1. The molecule has 4 rings (SSSR count). The number of benzene rings is 3. The molecule has 0 radical (unpaired) electrons. The van der Waals surface area contributed by atoms with Gasteiger partial charge in [-0.25, -0.2) is 4.98 Å². The number of aryl methyl sites for hydroxylation is 1. The van der Waals surface area contributed by atoms with E-state index in [0.29, 0.717) is 34.2 Å². The van der Waals surface area contributed by atoms with Crippen molar-refractivity contribution in [3.8, 4) is 23.0 Å². The molecule has 0 unspecified atom stereocenters. The maximum absolute atomic E-state index is 12.3. The van der Waals surface area contributed by atoms with Crippen LogP contribution in [0.15, 0.2) is 71.1 Å². The first kappa shape index (κ1) is 18.6. The van der Waals surface area contributed by atoms with Crippen molar-refractivity contribution in [2.45, 2.75) is 6.92 Å². The third kappa shape index (κ3) is 4.21. The first-order chi connectivity index (χ1) is 14.1. The van der Waals surface area contributed by atoms with Crippen LogP contribution in [0.25, 0.3) is 22.6 Å². The maximum atomic E-state index is 12.3. The Morgan fingerprint density at radius 3 is 2.66 bits per heavy atom. The number of carbonyl (C=O) groups is 1. The van der Waals surface area contributed by atoms with Crippen molar-refractivity contribution in [2.75, 3.05) is 19.0 Å². The predicted octanol–water partition coefficient (Wildman–Crippen LogP) is 4.83. The van der Waals surface area contributed by atoms with Gasteiger partial charge in [-0.1, -0.05) is 24.3 Å². The third-order valence-corrected chi connectivity index (χ3v) is 4.47. The monoisotopic (exact) mass is 388 g/mol. The Kier molecular flexibility index (Phi) is 5.16. The number of anilines is 1. The summed E-state index contributed by atoms with van der Waals surface area (Å²) in [7, 11) is 1.61. The minimum Gasteiger partial charge on any atom is -0.497 e. The van der Waals surface area contributed by atoms with Crippen molar-refractivity contribution in [2.24, 2.45) is 0 Å². The Hall–Kier alpha value is -3.80. The van der Waals surface area contributed by atoms with Gasteiger partial charge in [0.05, 0.1) is 7.11 Å². The number of hydrogen-bond acceptors (Lipinski definition) is 5. The summed E-state index contributed by atoms with van der Waals surface area (Å²) in [6, 6.07) is 20.4. The molecule has 1 amide bonds. The lowest BCUT2D eigenvalue weighted by molar-refractivity contribution is -0.118. The Labute approximate surface area is 168 Å². The fourth-order valence-electron chi connectivity index (χ4n) is 2.90. The average molecular weight is 388 g/mol. The number of amides is 1. The van der Waals surface area contributed by atoms with Crippen LogP contribution in [0.5, 0.6) is 11.5 Å².